The van der Waals surface area contributed by atoms with Crippen LogP contribution in [0.2, 0.25) is 0 Å². The molecule has 0 aromatic carbocycles. The number of nitriles is 1. The van der Waals surface area contributed by atoms with Crippen molar-refractivity contribution in [3.8, 4) is 6.07 Å². The molecule has 0 bridgehead atoms. The number of aryl methyl sites for hydroxylation is 1. The van der Waals surface area contributed by atoms with E-state index in [1.165, 1.54) is 5.56 Å². The van der Waals surface area contributed by atoms with Crippen LogP contribution < -0.4 is 0 Å². The summed E-state index contributed by atoms with van der Waals surface area (Å²) in [6, 6.07) is 5.84. The molecule has 0 aliphatic carbocycles. The Morgan fingerprint density at radius 1 is 1.54 bits per heavy atom. The number of hydrogen-bond acceptors (Lipinski definition) is 2. The van der Waals surface area contributed by atoms with Crippen LogP contribution >= 0.6 is 0 Å². The molecule has 64 valence electrons. The van der Waals surface area contributed by atoms with E-state index in [1.54, 1.807) is 10.7 Å². The van der Waals surface area contributed by atoms with Crippen LogP contribution in [0.5, 0.6) is 0 Å². The van der Waals surface area contributed by atoms with E-state index in [-0.39, 0.29) is 0 Å². The second-order valence-corrected chi connectivity index (χ2v) is 2.88. The van der Waals surface area contributed by atoms with Crippen molar-refractivity contribution in [1.82, 2.24) is 9.61 Å². The Hall–Kier alpha value is -1.82. The normalized spacial score (nSPS) is 10.2. The third-order valence-electron chi connectivity index (χ3n) is 2.11. The monoisotopic (exact) mass is 171 g/mol. The molecular weight excluding hydrogens is 162 g/mol. The molecule has 0 atom stereocenters. The van der Waals surface area contributed by atoms with Crippen molar-refractivity contribution < 1.29 is 0 Å². The van der Waals surface area contributed by atoms with Gasteiger partial charge < -0.3 is 0 Å². The van der Waals surface area contributed by atoms with Crippen molar-refractivity contribution in [3.05, 3.63) is 35.7 Å². The van der Waals surface area contributed by atoms with Gasteiger partial charge in [0.15, 0.2) is 0 Å². The van der Waals surface area contributed by atoms with Crippen LogP contribution in [-0.2, 0) is 6.42 Å². The van der Waals surface area contributed by atoms with Gasteiger partial charge in [0.05, 0.1) is 17.3 Å². The summed E-state index contributed by atoms with van der Waals surface area (Å²) in [5, 5.41) is 12.8. The molecule has 2 aromatic rings. The largest absolute Gasteiger partial charge is 0.239 e. The summed E-state index contributed by atoms with van der Waals surface area (Å²) in [5.41, 5.74) is 2.93. The number of rotatable bonds is 1. The molecular formula is C10H9N3. The third kappa shape index (κ3) is 1.17. The Morgan fingerprint density at radius 3 is 3.08 bits per heavy atom. The van der Waals surface area contributed by atoms with Gasteiger partial charge in [0.1, 0.15) is 6.07 Å². The highest BCUT2D eigenvalue weighted by Gasteiger charge is 2.01. The zero-order chi connectivity index (χ0) is 9.26. The minimum atomic E-state index is 0.637. The van der Waals surface area contributed by atoms with Crippen molar-refractivity contribution in [3.63, 3.8) is 0 Å². The van der Waals surface area contributed by atoms with Crippen molar-refractivity contribution in [2.24, 2.45) is 0 Å². The first-order chi connectivity index (χ1) is 6.35. The van der Waals surface area contributed by atoms with Gasteiger partial charge in [-0.05, 0) is 24.1 Å². The van der Waals surface area contributed by atoms with Crippen LogP contribution in [0.25, 0.3) is 5.52 Å². The minimum Gasteiger partial charge on any atom is -0.239 e. The molecule has 0 saturated heterocycles. The van der Waals surface area contributed by atoms with Crippen molar-refractivity contribution in [1.29, 1.82) is 5.26 Å². The second kappa shape index (κ2) is 2.91. The van der Waals surface area contributed by atoms with Crippen LogP contribution in [0.4, 0.5) is 0 Å². The Labute approximate surface area is 76.2 Å². The van der Waals surface area contributed by atoms with E-state index in [4.69, 9.17) is 5.26 Å². The topological polar surface area (TPSA) is 41.1 Å². The maximum atomic E-state index is 8.67. The summed E-state index contributed by atoms with van der Waals surface area (Å²) in [6.45, 7) is 2.09. The number of pyridine rings is 1. The molecule has 2 rings (SSSR count). The Bertz CT molecular complexity index is 476. The molecule has 2 aromatic heterocycles. The highest BCUT2D eigenvalue weighted by atomic mass is 15.2. The maximum Gasteiger partial charge on any atom is 0.101 e. The van der Waals surface area contributed by atoms with Gasteiger partial charge in [0, 0.05) is 6.20 Å². The lowest BCUT2D eigenvalue weighted by atomic mass is 10.2. The molecule has 0 spiro atoms. The van der Waals surface area contributed by atoms with Crippen molar-refractivity contribution in [2.45, 2.75) is 13.3 Å². The number of fused-ring (bicyclic) bond motifs is 1. The summed E-state index contributed by atoms with van der Waals surface area (Å²) in [4.78, 5) is 0. The van der Waals surface area contributed by atoms with E-state index in [2.05, 4.69) is 18.1 Å². The highest BCUT2D eigenvalue weighted by molar-refractivity contribution is 5.55. The van der Waals surface area contributed by atoms with Crippen LogP contribution in [0.15, 0.2) is 24.5 Å². The smallest absolute Gasteiger partial charge is 0.101 e. The zero-order valence-corrected chi connectivity index (χ0v) is 7.36. The predicted octanol–water partition coefficient (Wildman–Crippen LogP) is 1.77. The van der Waals surface area contributed by atoms with E-state index < -0.39 is 0 Å². The molecule has 3 heteroatoms. The fourth-order valence-electron chi connectivity index (χ4n) is 1.38. The Morgan fingerprint density at radius 2 is 2.38 bits per heavy atom. The number of aromatic nitrogens is 2. The fraction of sp³-hybridized carbons (Fsp3) is 0.200. The number of hydrogen-bond donors (Lipinski definition) is 0. The molecule has 0 aliphatic heterocycles. The predicted molar refractivity (Wildman–Crippen MR) is 49.3 cm³/mol. The average molecular weight is 171 g/mol. The van der Waals surface area contributed by atoms with Gasteiger partial charge in [-0.1, -0.05) is 6.92 Å². The summed E-state index contributed by atoms with van der Waals surface area (Å²) in [5.74, 6) is 0. The van der Waals surface area contributed by atoms with Crippen LogP contribution in [0, 0.1) is 11.3 Å². The quantitative estimate of drug-likeness (QED) is 0.656. The van der Waals surface area contributed by atoms with E-state index in [0.29, 0.717) is 5.56 Å². The van der Waals surface area contributed by atoms with Crippen LogP contribution in [0.1, 0.15) is 18.1 Å². The van der Waals surface area contributed by atoms with Gasteiger partial charge in [-0.15, -0.1) is 0 Å². The zero-order valence-electron chi connectivity index (χ0n) is 7.36. The van der Waals surface area contributed by atoms with Gasteiger partial charge in [0.2, 0.25) is 0 Å². The number of nitrogens with zero attached hydrogens (tertiary/aromatic N) is 3. The van der Waals surface area contributed by atoms with Crippen molar-refractivity contribution in [2.75, 3.05) is 0 Å². The van der Waals surface area contributed by atoms with E-state index in [1.807, 2.05) is 18.3 Å². The van der Waals surface area contributed by atoms with Crippen molar-refractivity contribution >= 4 is 5.52 Å². The molecule has 13 heavy (non-hydrogen) atoms. The summed E-state index contributed by atoms with van der Waals surface area (Å²) < 4.78 is 1.75. The summed E-state index contributed by atoms with van der Waals surface area (Å²) in [6.07, 6.45) is 4.56. The van der Waals surface area contributed by atoms with Gasteiger partial charge in [-0.3, -0.25) is 0 Å². The maximum absolute atomic E-state index is 8.67. The first-order valence-corrected chi connectivity index (χ1v) is 4.21. The van der Waals surface area contributed by atoms with Crippen LogP contribution in [0.3, 0.4) is 0 Å². The molecule has 0 aliphatic rings. The van der Waals surface area contributed by atoms with Gasteiger partial charge >= 0.3 is 0 Å². The van der Waals surface area contributed by atoms with E-state index in [0.717, 1.165) is 11.9 Å². The first-order valence-electron chi connectivity index (χ1n) is 4.21. The third-order valence-corrected chi connectivity index (χ3v) is 2.11. The minimum absolute atomic E-state index is 0.637. The fourth-order valence-corrected chi connectivity index (χ4v) is 1.38. The van der Waals surface area contributed by atoms with Gasteiger partial charge in [0.25, 0.3) is 0 Å². The summed E-state index contributed by atoms with van der Waals surface area (Å²) >= 11 is 0. The van der Waals surface area contributed by atoms with E-state index in [9.17, 15) is 0 Å². The molecule has 0 radical (unpaired) electrons. The van der Waals surface area contributed by atoms with Gasteiger partial charge in [-0.25, -0.2) is 4.52 Å². The highest BCUT2D eigenvalue weighted by Crippen LogP contribution is 2.11. The molecule has 2 heterocycles. The second-order valence-electron chi connectivity index (χ2n) is 2.88. The lowest BCUT2D eigenvalue weighted by Gasteiger charge is -1.94. The SMILES string of the molecule is CCc1cnn2cc(C#N)ccc12. The standard InChI is InChI=1S/C10H9N3/c1-2-9-6-12-13-7-8(5-11)3-4-10(9)13/h3-4,6-7H,2H2,1H3. The lowest BCUT2D eigenvalue weighted by Crippen LogP contribution is -1.88. The molecule has 3 nitrogen and oxygen atoms in total. The Kier molecular flexibility index (Phi) is 1.75. The molecule has 0 amide bonds. The molecule has 0 fully saturated rings. The van der Waals surface area contributed by atoms with E-state index >= 15 is 0 Å². The van der Waals surface area contributed by atoms with Gasteiger partial charge in [-0.2, -0.15) is 10.4 Å². The average Bonchev–Trinajstić information content (AvgIpc) is 2.59. The first kappa shape index (κ1) is 7.81. The lowest BCUT2D eigenvalue weighted by molar-refractivity contribution is 0.957. The Balaban J connectivity index is 2.70. The summed E-state index contributed by atoms with van der Waals surface area (Å²) in [7, 11) is 0. The molecule has 0 saturated carbocycles. The molecule has 0 N–H and O–H groups in total. The molecule has 0 unspecified atom stereocenters. The van der Waals surface area contributed by atoms with Crippen LogP contribution in [-0.4, -0.2) is 9.61 Å².